The standard InChI is InChI=1S/C29H23ClO3/c30-25-14-11-22(12-15-25)13-18-28(31)27-17-16-26(32-20-23-7-3-1-4-8-23)19-29(27)33-21-24-9-5-2-6-10-24/h1-19H,20-21H2/b18-13-. The summed E-state index contributed by atoms with van der Waals surface area (Å²) in [4.78, 5) is 13.0. The van der Waals surface area contributed by atoms with Gasteiger partial charge in [-0.2, -0.15) is 0 Å². The normalized spacial score (nSPS) is 10.8. The van der Waals surface area contributed by atoms with Gasteiger partial charge in [-0.25, -0.2) is 0 Å². The molecule has 164 valence electrons. The number of carbonyl (C=O) groups is 1. The Kier molecular flexibility index (Phi) is 7.57. The van der Waals surface area contributed by atoms with Crippen molar-refractivity contribution >= 4 is 23.5 Å². The van der Waals surface area contributed by atoms with Gasteiger partial charge in [-0.3, -0.25) is 4.79 Å². The van der Waals surface area contributed by atoms with Crippen molar-refractivity contribution in [2.24, 2.45) is 0 Å². The molecular weight excluding hydrogens is 432 g/mol. The first-order valence-electron chi connectivity index (χ1n) is 10.6. The van der Waals surface area contributed by atoms with Gasteiger partial charge in [0.1, 0.15) is 24.7 Å². The molecule has 4 heteroatoms. The van der Waals surface area contributed by atoms with Crippen LogP contribution in [0.3, 0.4) is 0 Å². The summed E-state index contributed by atoms with van der Waals surface area (Å²) in [6.45, 7) is 0.785. The fourth-order valence-electron chi connectivity index (χ4n) is 3.23. The minimum Gasteiger partial charge on any atom is -0.489 e. The van der Waals surface area contributed by atoms with Crippen molar-refractivity contribution in [2.45, 2.75) is 13.2 Å². The molecule has 0 unspecified atom stereocenters. The number of carbonyl (C=O) groups excluding carboxylic acids is 1. The van der Waals surface area contributed by atoms with Gasteiger partial charge in [0.15, 0.2) is 5.78 Å². The molecule has 4 rings (SSSR count). The van der Waals surface area contributed by atoms with E-state index in [0.29, 0.717) is 35.3 Å². The average Bonchev–Trinajstić information content (AvgIpc) is 2.87. The first-order chi connectivity index (χ1) is 16.2. The molecule has 4 aromatic carbocycles. The number of ketones is 1. The minimum absolute atomic E-state index is 0.150. The van der Waals surface area contributed by atoms with E-state index in [1.165, 1.54) is 0 Å². The Morgan fingerprint density at radius 3 is 1.97 bits per heavy atom. The third-order valence-corrected chi connectivity index (χ3v) is 5.25. The Hall–Kier alpha value is -3.82. The zero-order chi connectivity index (χ0) is 22.9. The predicted octanol–water partition coefficient (Wildman–Crippen LogP) is 7.39. The number of halogens is 1. The maximum absolute atomic E-state index is 13.0. The quantitative estimate of drug-likeness (QED) is 0.195. The molecule has 0 bridgehead atoms. The van der Waals surface area contributed by atoms with Gasteiger partial charge < -0.3 is 9.47 Å². The smallest absolute Gasteiger partial charge is 0.189 e. The molecule has 0 amide bonds. The molecule has 0 aromatic heterocycles. The molecule has 0 N–H and O–H groups in total. The Morgan fingerprint density at radius 2 is 1.33 bits per heavy atom. The molecular formula is C29H23ClO3. The minimum atomic E-state index is -0.150. The van der Waals surface area contributed by atoms with Crippen LogP contribution in [0.15, 0.2) is 109 Å². The van der Waals surface area contributed by atoms with Gasteiger partial charge in [-0.1, -0.05) is 90.5 Å². The summed E-state index contributed by atoms with van der Waals surface area (Å²) >= 11 is 5.94. The molecule has 0 spiro atoms. The number of rotatable bonds is 9. The molecule has 3 nitrogen and oxygen atoms in total. The van der Waals surface area contributed by atoms with Gasteiger partial charge in [0.2, 0.25) is 0 Å². The van der Waals surface area contributed by atoms with E-state index in [2.05, 4.69) is 0 Å². The van der Waals surface area contributed by atoms with E-state index < -0.39 is 0 Å². The van der Waals surface area contributed by atoms with Crippen LogP contribution in [0, 0.1) is 0 Å². The lowest BCUT2D eigenvalue weighted by atomic mass is 10.1. The fraction of sp³-hybridized carbons (Fsp3) is 0.0690. The summed E-state index contributed by atoms with van der Waals surface area (Å²) in [5.41, 5.74) is 3.45. The number of benzene rings is 4. The summed E-state index contributed by atoms with van der Waals surface area (Å²) in [6.07, 6.45) is 3.30. The van der Waals surface area contributed by atoms with Crippen LogP contribution in [-0.4, -0.2) is 5.78 Å². The molecule has 0 aliphatic carbocycles. The van der Waals surface area contributed by atoms with Crippen LogP contribution in [0.25, 0.3) is 6.08 Å². The van der Waals surface area contributed by atoms with Gasteiger partial charge in [0, 0.05) is 11.1 Å². The summed E-state index contributed by atoms with van der Waals surface area (Å²) in [7, 11) is 0. The number of hydrogen-bond donors (Lipinski definition) is 0. The van der Waals surface area contributed by atoms with E-state index in [4.69, 9.17) is 21.1 Å². The van der Waals surface area contributed by atoms with Gasteiger partial charge in [-0.05, 0) is 47.0 Å². The molecule has 0 atom stereocenters. The third-order valence-electron chi connectivity index (χ3n) is 5.00. The summed E-state index contributed by atoms with van der Waals surface area (Å²) < 4.78 is 12.0. The first kappa shape index (κ1) is 22.4. The van der Waals surface area contributed by atoms with Crippen LogP contribution in [0.5, 0.6) is 11.5 Å². The number of hydrogen-bond acceptors (Lipinski definition) is 3. The highest BCUT2D eigenvalue weighted by Crippen LogP contribution is 2.27. The van der Waals surface area contributed by atoms with Crippen molar-refractivity contribution in [1.29, 1.82) is 0 Å². The Balaban J connectivity index is 1.54. The van der Waals surface area contributed by atoms with E-state index in [1.54, 1.807) is 42.5 Å². The molecule has 33 heavy (non-hydrogen) atoms. The van der Waals surface area contributed by atoms with Crippen LogP contribution in [0.4, 0.5) is 0 Å². The number of ether oxygens (including phenoxy) is 2. The first-order valence-corrected chi connectivity index (χ1v) is 11.0. The van der Waals surface area contributed by atoms with Crippen LogP contribution in [-0.2, 0) is 13.2 Å². The van der Waals surface area contributed by atoms with Gasteiger partial charge in [-0.15, -0.1) is 0 Å². The molecule has 4 aromatic rings. The Morgan fingerprint density at radius 1 is 0.727 bits per heavy atom. The van der Waals surface area contributed by atoms with Crippen molar-refractivity contribution in [1.82, 2.24) is 0 Å². The lowest BCUT2D eigenvalue weighted by Crippen LogP contribution is -2.04. The predicted molar refractivity (Wildman–Crippen MR) is 133 cm³/mol. The second-order valence-corrected chi connectivity index (χ2v) is 7.89. The maximum atomic E-state index is 13.0. The van der Waals surface area contributed by atoms with Crippen molar-refractivity contribution in [3.63, 3.8) is 0 Å². The topological polar surface area (TPSA) is 35.5 Å². The Bertz CT molecular complexity index is 1220. The zero-order valence-corrected chi connectivity index (χ0v) is 18.7. The van der Waals surface area contributed by atoms with E-state index in [0.717, 1.165) is 16.7 Å². The molecule has 0 aliphatic heterocycles. The fourth-order valence-corrected chi connectivity index (χ4v) is 3.35. The van der Waals surface area contributed by atoms with E-state index in [-0.39, 0.29) is 5.78 Å². The highest BCUT2D eigenvalue weighted by molar-refractivity contribution is 6.30. The molecule has 0 aliphatic rings. The van der Waals surface area contributed by atoms with Crippen molar-refractivity contribution in [3.8, 4) is 11.5 Å². The summed E-state index contributed by atoms with van der Waals surface area (Å²) in [5.74, 6) is 0.970. The average molecular weight is 455 g/mol. The largest absolute Gasteiger partial charge is 0.489 e. The lowest BCUT2D eigenvalue weighted by Gasteiger charge is -2.13. The number of allylic oxidation sites excluding steroid dienone is 1. The molecule has 0 saturated heterocycles. The van der Waals surface area contributed by atoms with Crippen LogP contribution < -0.4 is 9.47 Å². The molecule has 0 saturated carbocycles. The van der Waals surface area contributed by atoms with Crippen molar-refractivity contribution < 1.29 is 14.3 Å². The van der Waals surface area contributed by atoms with Crippen LogP contribution in [0.2, 0.25) is 5.02 Å². The Labute approximate surface area is 198 Å². The molecule has 0 heterocycles. The van der Waals surface area contributed by atoms with Crippen LogP contribution >= 0.6 is 11.6 Å². The van der Waals surface area contributed by atoms with Crippen LogP contribution in [0.1, 0.15) is 27.0 Å². The summed E-state index contributed by atoms with van der Waals surface area (Å²) in [5, 5.41) is 0.654. The highest BCUT2D eigenvalue weighted by Gasteiger charge is 2.13. The molecule has 0 radical (unpaired) electrons. The monoisotopic (exact) mass is 454 g/mol. The van der Waals surface area contributed by atoms with E-state index in [9.17, 15) is 4.79 Å². The second kappa shape index (κ2) is 11.2. The van der Waals surface area contributed by atoms with E-state index >= 15 is 0 Å². The molecule has 0 fully saturated rings. The lowest BCUT2D eigenvalue weighted by molar-refractivity contribution is 0.104. The van der Waals surface area contributed by atoms with E-state index in [1.807, 2.05) is 72.8 Å². The SMILES string of the molecule is O=C(/C=C\c1ccc(Cl)cc1)c1ccc(OCc2ccccc2)cc1OCc1ccccc1. The summed E-state index contributed by atoms with van der Waals surface area (Å²) in [6, 6.07) is 32.4. The third kappa shape index (κ3) is 6.58. The maximum Gasteiger partial charge on any atom is 0.189 e. The van der Waals surface area contributed by atoms with Crippen molar-refractivity contribution in [3.05, 3.63) is 136 Å². The zero-order valence-electron chi connectivity index (χ0n) is 18.0. The van der Waals surface area contributed by atoms with Gasteiger partial charge in [0.05, 0.1) is 5.56 Å². The second-order valence-electron chi connectivity index (χ2n) is 7.46. The van der Waals surface area contributed by atoms with Gasteiger partial charge in [0.25, 0.3) is 0 Å². The van der Waals surface area contributed by atoms with Crippen molar-refractivity contribution in [2.75, 3.05) is 0 Å². The highest BCUT2D eigenvalue weighted by atomic mass is 35.5. The van der Waals surface area contributed by atoms with Gasteiger partial charge >= 0.3 is 0 Å².